The second-order valence-electron chi connectivity index (χ2n) is 5.37. The molecule has 2 unspecified atom stereocenters. The quantitative estimate of drug-likeness (QED) is 0.714. The number of thiocarbonyl (C=S) groups is 1. The Bertz CT molecular complexity index is 561. The lowest BCUT2D eigenvalue weighted by Crippen LogP contribution is -2.46. The van der Waals surface area contributed by atoms with Crippen molar-refractivity contribution in [1.29, 1.82) is 0 Å². The fraction of sp³-hybridized carbons (Fsp3) is 0.533. The van der Waals surface area contributed by atoms with Gasteiger partial charge in [0.1, 0.15) is 6.17 Å². The van der Waals surface area contributed by atoms with Crippen molar-refractivity contribution in [3.05, 3.63) is 17.7 Å². The first-order valence-electron chi connectivity index (χ1n) is 7.39. The summed E-state index contributed by atoms with van der Waals surface area (Å²) in [5.41, 5.74) is 1.97. The lowest BCUT2D eigenvalue weighted by Gasteiger charge is -2.31. The summed E-state index contributed by atoms with van der Waals surface area (Å²) in [5.74, 6) is 1.37. The van der Waals surface area contributed by atoms with Crippen LogP contribution in [-0.2, 0) is 4.74 Å². The number of nitrogens with one attached hydrogen (secondary N) is 3. The minimum Gasteiger partial charge on any atom is -0.493 e. The molecule has 0 spiro atoms. The van der Waals surface area contributed by atoms with Crippen LogP contribution < -0.4 is 25.4 Å². The van der Waals surface area contributed by atoms with E-state index in [2.05, 4.69) is 16.0 Å². The molecule has 1 aromatic carbocycles. The number of hydrogen-bond donors (Lipinski definition) is 3. The fourth-order valence-electron chi connectivity index (χ4n) is 2.82. The highest BCUT2D eigenvalue weighted by Crippen LogP contribution is 2.37. The van der Waals surface area contributed by atoms with Gasteiger partial charge in [0.15, 0.2) is 16.6 Å². The normalized spacial score (nSPS) is 23.5. The molecule has 7 heteroatoms. The van der Waals surface area contributed by atoms with Gasteiger partial charge in [0, 0.05) is 24.8 Å². The maximum atomic E-state index is 5.66. The summed E-state index contributed by atoms with van der Waals surface area (Å²) < 4.78 is 16.4. The zero-order chi connectivity index (χ0) is 15.5. The Morgan fingerprint density at radius 1 is 1.32 bits per heavy atom. The molecule has 120 valence electrons. The first kappa shape index (κ1) is 15.3. The monoisotopic (exact) mass is 323 g/mol. The number of anilines is 1. The topological polar surface area (TPSA) is 63.8 Å². The Hall–Kier alpha value is -1.57. The van der Waals surface area contributed by atoms with Crippen LogP contribution in [0.5, 0.6) is 11.5 Å². The largest absolute Gasteiger partial charge is 0.493 e. The summed E-state index contributed by atoms with van der Waals surface area (Å²) in [7, 11) is 3.25. The smallest absolute Gasteiger partial charge is 0.172 e. The molecule has 0 amide bonds. The van der Waals surface area contributed by atoms with Crippen LogP contribution in [0.4, 0.5) is 5.69 Å². The number of benzene rings is 1. The minimum atomic E-state index is -0.0762. The summed E-state index contributed by atoms with van der Waals surface area (Å²) in [6, 6.07) is 3.87. The molecule has 2 heterocycles. The molecule has 6 nitrogen and oxygen atoms in total. The van der Waals surface area contributed by atoms with E-state index in [1.54, 1.807) is 14.2 Å². The molecule has 0 radical (unpaired) electrons. The zero-order valence-corrected chi connectivity index (χ0v) is 13.6. The number of fused-ring (bicyclic) bond motifs is 1. The van der Waals surface area contributed by atoms with Gasteiger partial charge in [0.25, 0.3) is 0 Å². The van der Waals surface area contributed by atoms with Crippen LogP contribution in [0.1, 0.15) is 24.6 Å². The molecule has 2 aliphatic rings. The zero-order valence-electron chi connectivity index (χ0n) is 12.8. The first-order chi connectivity index (χ1) is 10.7. The Balaban J connectivity index is 1.81. The number of methoxy groups -OCH3 is 2. The second-order valence-corrected chi connectivity index (χ2v) is 5.78. The van der Waals surface area contributed by atoms with Gasteiger partial charge in [-0.25, -0.2) is 0 Å². The highest BCUT2D eigenvalue weighted by atomic mass is 32.1. The van der Waals surface area contributed by atoms with E-state index in [9.17, 15) is 0 Å². The Morgan fingerprint density at radius 2 is 2.09 bits per heavy atom. The standard InChI is InChI=1S/C15H21N3O3S/c1-19-12-6-10-11(7-13(12)20-2)17-15(22)18-14(10)16-8-9-4-3-5-21-9/h6-7,9,14,16H,3-5,8H2,1-2H3,(H2,17,18,22). The van der Waals surface area contributed by atoms with Gasteiger partial charge in [-0.3, -0.25) is 5.32 Å². The van der Waals surface area contributed by atoms with E-state index in [1.807, 2.05) is 12.1 Å². The minimum absolute atomic E-state index is 0.0762. The molecule has 0 aromatic heterocycles. The third-order valence-corrected chi connectivity index (χ3v) is 4.18. The first-order valence-corrected chi connectivity index (χ1v) is 7.80. The van der Waals surface area contributed by atoms with Gasteiger partial charge < -0.3 is 24.8 Å². The van der Waals surface area contributed by atoms with Crippen LogP contribution in [0.25, 0.3) is 0 Å². The average Bonchev–Trinajstić information content (AvgIpc) is 3.04. The molecule has 1 fully saturated rings. The predicted molar refractivity (Wildman–Crippen MR) is 88.6 cm³/mol. The molecular formula is C15H21N3O3S. The molecule has 1 aromatic rings. The molecule has 2 atom stereocenters. The highest BCUT2D eigenvalue weighted by Gasteiger charge is 2.26. The average molecular weight is 323 g/mol. The van der Waals surface area contributed by atoms with E-state index in [-0.39, 0.29) is 12.3 Å². The van der Waals surface area contributed by atoms with Gasteiger partial charge in [-0.05, 0) is 31.1 Å². The SMILES string of the molecule is COc1cc2c(cc1OC)C(NCC1CCCO1)NC(=S)N2. The number of rotatable bonds is 5. The lowest BCUT2D eigenvalue weighted by atomic mass is 10.1. The number of hydrogen-bond acceptors (Lipinski definition) is 5. The van der Waals surface area contributed by atoms with Gasteiger partial charge in [-0.2, -0.15) is 0 Å². The Kier molecular flexibility index (Phi) is 4.66. The third kappa shape index (κ3) is 3.11. The van der Waals surface area contributed by atoms with E-state index >= 15 is 0 Å². The van der Waals surface area contributed by atoms with Crippen molar-refractivity contribution in [2.24, 2.45) is 0 Å². The van der Waals surface area contributed by atoms with Gasteiger partial charge in [0.05, 0.1) is 26.0 Å². The molecule has 0 aliphatic carbocycles. The van der Waals surface area contributed by atoms with E-state index in [1.165, 1.54) is 0 Å². The molecule has 1 saturated heterocycles. The molecule has 3 N–H and O–H groups in total. The Morgan fingerprint density at radius 3 is 2.77 bits per heavy atom. The van der Waals surface area contributed by atoms with Crippen molar-refractivity contribution < 1.29 is 14.2 Å². The van der Waals surface area contributed by atoms with E-state index in [0.717, 1.165) is 37.2 Å². The summed E-state index contributed by atoms with van der Waals surface area (Å²) in [4.78, 5) is 0. The van der Waals surface area contributed by atoms with Crippen LogP contribution in [-0.4, -0.2) is 38.6 Å². The molecule has 3 rings (SSSR count). The Labute approximate surface area is 135 Å². The fourth-order valence-corrected chi connectivity index (χ4v) is 3.05. The predicted octanol–water partition coefficient (Wildman–Crippen LogP) is 1.77. The van der Waals surface area contributed by atoms with Gasteiger partial charge >= 0.3 is 0 Å². The van der Waals surface area contributed by atoms with Crippen LogP contribution in [0.2, 0.25) is 0 Å². The third-order valence-electron chi connectivity index (χ3n) is 3.96. The number of ether oxygens (including phenoxy) is 3. The van der Waals surface area contributed by atoms with Crippen LogP contribution in [0.15, 0.2) is 12.1 Å². The molecule has 0 saturated carbocycles. The molecule has 22 heavy (non-hydrogen) atoms. The van der Waals surface area contributed by atoms with Crippen molar-refractivity contribution in [2.75, 3.05) is 32.7 Å². The van der Waals surface area contributed by atoms with Gasteiger partial charge in [-0.15, -0.1) is 0 Å². The van der Waals surface area contributed by atoms with E-state index < -0.39 is 0 Å². The maximum Gasteiger partial charge on any atom is 0.172 e. The summed E-state index contributed by atoms with van der Waals surface area (Å²) >= 11 is 5.28. The van der Waals surface area contributed by atoms with Crippen LogP contribution in [0, 0.1) is 0 Å². The van der Waals surface area contributed by atoms with Crippen LogP contribution >= 0.6 is 12.2 Å². The highest BCUT2D eigenvalue weighted by molar-refractivity contribution is 7.80. The summed E-state index contributed by atoms with van der Waals surface area (Å²) in [5, 5.41) is 10.5. The lowest BCUT2D eigenvalue weighted by molar-refractivity contribution is 0.107. The molecule has 2 aliphatic heterocycles. The van der Waals surface area contributed by atoms with Crippen LogP contribution in [0.3, 0.4) is 0 Å². The van der Waals surface area contributed by atoms with Crippen molar-refractivity contribution in [3.8, 4) is 11.5 Å². The summed E-state index contributed by atoms with van der Waals surface area (Å²) in [6.45, 7) is 1.64. The molecular weight excluding hydrogens is 302 g/mol. The second kappa shape index (κ2) is 6.68. The van der Waals surface area contributed by atoms with Crippen molar-refractivity contribution in [1.82, 2.24) is 10.6 Å². The summed E-state index contributed by atoms with van der Waals surface area (Å²) in [6.07, 6.45) is 2.43. The van der Waals surface area contributed by atoms with Crippen molar-refractivity contribution in [2.45, 2.75) is 25.1 Å². The van der Waals surface area contributed by atoms with E-state index in [0.29, 0.717) is 16.6 Å². The van der Waals surface area contributed by atoms with Gasteiger partial charge in [-0.1, -0.05) is 0 Å². The van der Waals surface area contributed by atoms with Crippen molar-refractivity contribution >= 4 is 23.0 Å². The molecule has 0 bridgehead atoms. The van der Waals surface area contributed by atoms with E-state index in [4.69, 9.17) is 26.4 Å². The van der Waals surface area contributed by atoms with Crippen molar-refractivity contribution in [3.63, 3.8) is 0 Å². The van der Waals surface area contributed by atoms with Gasteiger partial charge in [0.2, 0.25) is 0 Å². The maximum absolute atomic E-state index is 5.66.